The topological polar surface area (TPSA) is 67.9 Å². The first-order valence-electron chi connectivity index (χ1n) is 7.94. The molecule has 1 N–H and O–H groups in total. The molecule has 0 amide bonds. The van der Waals surface area contributed by atoms with E-state index >= 15 is 0 Å². The van der Waals surface area contributed by atoms with Gasteiger partial charge in [0.1, 0.15) is 0 Å². The quantitative estimate of drug-likeness (QED) is 0.669. The third-order valence-electron chi connectivity index (χ3n) is 4.07. The summed E-state index contributed by atoms with van der Waals surface area (Å²) in [6.45, 7) is 2.78. The normalized spacial score (nSPS) is 12.6. The van der Waals surface area contributed by atoms with E-state index in [1.54, 1.807) is 13.3 Å². The molecule has 0 aliphatic rings. The summed E-state index contributed by atoms with van der Waals surface area (Å²) in [7, 11) is 0.463. The van der Waals surface area contributed by atoms with Crippen LogP contribution in [-0.4, -0.2) is 32.9 Å². The van der Waals surface area contributed by atoms with Crippen molar-refractivity contribution in [1.29, 1.82) is 0 Å². The molecule has 0 bridgehead atoms. The fourth-order valence-electron chi connectivity index (χ4n) is 2.68. The second-order valence-electron chi connectivity index (χ2n) is 5.69. The summed E-state index contributed by atoms with van der Waals surface area (Å²) >= 11 is 0. The van der Waals surface area contributed by atoms with Crippen molar-refractivity contribution < 1.29 is 8.95 Å². The van der Waals surface area contributed by atoms with E-state index < -0.39 is 10.8 Å². The summed E-state index contributed by atoms with van der Waals surface area (Å²) in [5, 5.41) is 0.502. The van der Waals surface area contributed by atoms with Crippen LogP contribution in [0.5, 0.6) is 0 Å². The van der Waals surface area contributed by atoms with E-state index in [2.05, 4.69) is 15.0 Å². The molecule has 1 unspecified atom stereocenters. The monoisotopic (exact) mass is 343 g/mol. The molecule has 3 rings (SSSR count). The van der Waals surface area contributed by atoms with E-state index in [1.165, 1.54) is 5.56 Å². The number of aryl methyl sites for hydroxylation is 1. The van der Waals surface area contributed by atoms with Gasteiger partial charge in [0.15, 0.2) is 5.16 Å². The van der Waals surface area contributed by atoms with Crippen LogP contribution in [0, 0.1) is 6.92 Å². The maximum atomic E-state index is 12.7. The molecule has 126 valence electrons. The lowest BCUT2D eigenvalue weighted by Gasteiger charge is -2.09. The highest BCUT2D eigenvalue weighted by Crippen LogP contribution is 2.18. The Morgan fingerprint density at radius 1 is 1.25 bits per heavy atom. The van der Waals surface area contributed by atoms with Crippen LogP contribution < -0.4 is 0 Å². The third kappa shape index (κ3) is 3.71. The fraction of sp³-hybridized carbons (Fsp3) is 0.333. The number of rotatable bonds is 7. The van der Waals surface area contributed by atoms with Crippen molar-refractivity contribution in [3.05, 3.63) is 53.3 Å². The maximum Gasteiger partial charge on any atom is 0.197 e. The SMILES string of the molecule is COCCCc1ccnc(CS(=O)c2nc3ccccc3[nH]2)c1C. The molecule has 0 aliphatic carbocycles. The molecule has 2 aromatic heterocycles. The lowest BCUT2D eigenvalue weighted by atomic mass is 10.0. The van der Waals surface area contributed by atoms with Gasteiger partial charge in [-0.15, -0.1) is 0 Å². The Morgan fingerprint density at radius 3 is 2.88 bits per heavy atom. The predicted molar refractivity (Wildman–Crippen MR) is 95.4 cm³/mol. The molecule has 3 aromatic rings. The molecular weight excluding hydrogens is 322 g/mol. The van der Waals surface area contributed by atoms with Crippen molar-refractivity contribution >= 4 is 21.8 Å². The van der Waals surface area contributed by atoms with Gasteiger partial charge in [0.25, 0.3) is 0 Å². The number of benzene rings is 1. The van der Waals surface area contributed by atoms with Crippen molar-refractivity contribution in [1.82, 2.24) is 15.0 Å². The van der Waals surface area contributed by atoms with E-state index in [4.69, 9.17) is 4.74 Å². The van der Waals surface area contributed by atoms with E-state index in [0.29, 0.717) is 10.9 Å². The molecule has 0 radical (unpaired) electrons. The number of pyridine rings is 1. The molecule has 5 nitrogen and oxygen atoms in total. The molecule has 24 heavy (non-hydrogen) atoms. The Bertz CT molecular complexity index is 827. The number of aromatic amines is 1. The van der Waals surface area contributed by atoms with E-state index in [9.17, 15) is 4.21 Å². The molecular formula is C18H21N3O2S. The summed E-state index contributed by atoms with van der Waals surface area (Å²) in [6, 6.07) is 9.72. The Balaban J connectivity index is 1.77. The fourth-order valence-corrected chi connectivity index (χ4v) is 3.78. The minimum Gasteiger partial charge on any atom is -0.385 e. The standard InChI is InChI=1S/C18H21N3O2S/c1-13-14(6-5-11-23-2)9-10-19-17(13)12-24(22)18-20-15-7-3-4-8-16(15)21-18/h3-4,7-10H,5-6,11-12H2,1-2H3,(H,20,21). The van der Waals surface area contributed by atoms with Gasteiger partial charge in [0, 0.05) is 19.9 Å². The highest BCUT2D eigenvalue weighted by molar-refractivity contribution is 7.84. The first-order chi connectivity index (χ1) is 11.7. The zero-order chi connectivity index (χ0) is 16.9. The van der Waals surface area contributed by atoms with Crippen LogP contribution in [0.25, 0.3) is 11.0 Å². The number of fused-ring (bicyclic) bond motifs is 1. The molecule has 0 aliphatic heterocycles. The zero-order valence-electron chi connectivity index (χ0n) is 13.9. The summed E-state index contributed by atoms with van der Waals surface area (Å²) in [5.41, 5.74) is 4.94. The Labute approximate surface area is 143 Å². The Kier molecular flexibility index (Phi) is 5.37. The number of ether oxygens (including phenoxy) is 1. The van der Waals surface area contributed by atoms with Gasteiger partial charge in [0.05, 0.1) is 33.3 Å². The van der Waals surface area contributed by atoms with Crippen molar-refractivity contribution in [2.24, 2.45) is 0 Å². The van der Waals surface area contributed by atoms with Crippen LogP contribution in [0.3, 0.4) is 0 Å². The van der Waals surface area contributed by atoms with Gasteiger partial charge in [-0.05, 0) is 49.1 Å². The Morgan fingerprint density at radius 2 is 2.08 bits per heavy atom. The number of aromatic nitrogens is 3. The lowest BCUT2D eigenvalue weighted by molar-refractivity contribution is 0.195. The number of H-pyrrole nitrogens is 1. The molecule has 2 heterocycles. The van der Waals surface area contributed by atoms with Crippen molar-refractivity contribution in [3.63, 3.8) is 0 Å². The minimum atomic E-state index is -1.25. The van der Waals surface area contributed by atoms with Gasteiger partial charge in [-0.3, -0.25) is 9.19 Å². The number of nitrogens with one attached hydrogen (secondary N) is 1. The number of para-hydroxylation sites is 2. The molecule has 0 fully saturated rings. The number of hydrogen-bond acceptors (Lipinski definition) is 4. The van der Waals surface area contributed by atoms with E-state index in [-0.39, 0.29) is 0 Å². The van der Waals surface area contributed by atoms with Crippen LogP contribution >= 0.6 is 0 Å². The van der Waals surface area contributed by atoms with Crippen LogP contribution in [0.1, 0.15) is 23.2 Å². The van der Waals surface area contributed by atoms with Gasteiger partial charge in [-0.2, -0.15) is 0 Å². The third-order valence-corrected chi connectivity index (χ3v) is 5.23. The first kappa shape index (κ1) is 16.8. The van der Waals surface area contributed by atoms with Gasteiger partial charge in [-0.25, -0.2) is 4.98 Å². The highest BCUT2D eigenvalue weighted by atomic mass is 32.2. The summed E-state index contributed by atoms with van der Waals surface area (Å²) in [4.78, 5) is 12.0. The predicted octanol–water partition coefficient (Wildman–Crippen LogP) is 3.15. The number of imidazole rings is 1. The van der Waals surface area contributed by atoms with Crippen molar-refractivity contribution in [2.45, 2.75) is 30.7 Å². The van der Waals surface area contributed by atoms with Crippen molar-refractivity contribution in [3.8, 4) is 0 Å². The molecule has 1 aromatic carbocycles. The first-order valence-corrected chi connectivity index (χ1v) is 9.26. The molecule has 1 atom stereocenters. The smallest absolute Gasteiger partial charge is 0.197 e. The Hall–Kier alpha value is -2.05. The van der Waals surface area contributed by atoms with E-state index in [0.717, 1.165) is 41.7 Å². The summed E-state index contributed by atoms with van der Waals surface area (Å²) in [5.74, 6) is 0.365. The second kappa shape index (κ2) is 7.68. The maximum absolute atomic E-state index is 12.7. The average molecular weight is 343 g/mol. The van der Waals surface area contributed by atoms with E-state index in [1.807, 2.05) is 37.3 Å². The zero-order valence-corrected chi connectivity index (χ0v) is 14.7. The minimum absolute atomic E-state index is 0.365. The van der Waals surface area contributed by atoms with Gasteiger partial charge in [0.2, 0.25) is 0 Å². The van der Waals surface area contributed by atoms with Crippen LogP contribution in [0.4, 0.5) is 0 Å². The van der Waals surface area contributed by atoms with Gasteiger partial charge in [-0.1, -0.05) is 12.1 Å². The number of hydrogen-bond donors (Lipinski definition) is 1. The van der Waals surface area contributed by atoms with Gasteiger partial charge < -0.3 is 9.72 Å². The lowest BCUT2D eigenvalue weighted by Crippen LogP contribution is -2.05. The number of methoxy groups -OCH3 is 1. The summed E-state index contributed by atoms with van der Waals surface area (Å²) < 4.78 is 17.8. The molecule has 0 saturated carbocycles. The second-order valence-corrected chi connectivity index (χ2v) is 7.05. The molecule has 0 spiro atoms. The number of nitrogens with zero attached hydrogens (tertiary/aromatic N) is 2. The van der Waals surface area contributed by atoms with Crippen molar-refractivity contribution in [2.75, 3.05) is 13.7 Å². The summed E-state index contributed by atoms with van der Waals surface area (Å²) in [6.07, 6.45) is 3.69. The molecule has 6 heteroatoms. The van der Waals surface area contributed by atoms with Crippen LogP contribution in [0.15, 0.2) is 41.7 Å². The highest BCUT2D eigenvalue weighted by Gasteiger charge is 2.14. The molecule has 0 saturated heterocycles. The van der Waals surface area contributed by atoms with Crippen LogP contribution in [-0.2, 0) is 27.7 Å². The van der Waals surface area contributed by atoms with Crippen LogP contribution in [0.2, 0.25) is 0 Å². The average Bonchev–Trinajstić information content (AvgIpc) is 3.02. The largest absolute Gasteiger partial charge is 0.385 e. The van der Waals surface area contributed by atoms with Gasteiger partial charge >= 0.3 is 0 Å².